The Morgan fingerprint density at radius 1 is 1.20 bits per heavy atom. The molecule has 0 saturated carbocycles. The van der Waals surface area contributed by atoms with E-state index in [4.69, 9.17) is 9.47 Å². The van der Waals surface area contributed by atoms with Crippen LogP contribution in [0.4, 0.5) is 0 Å². The fraction of sp³-hybridized carbons (Fsp3) is 0.214. The van der Waals surface area contributed by atoms with Gasteiger partial charge in [-0.25, -0.2) is 14.8 Å². The van der Waals surface area contributed by atoms with Crippen molar-refractivity contribution in [3.8, 4) is 22.8 Å². The largest absolute Gasteiger partial charge is 0.497 e. The van der Waals surface area contributed by atoms with Gasteiger partial charge in [0, 0.05) is 11.6 Å². The second-order valence-corrected chi connectivity index (χ2v) is 4.05. The summed E-state index contributed by atoms with van der Waals surface area (Å²) in [6.45, 7) is 1.63. The van der Waals surface area contributed by atoms with Crippen LogP contribution in [0.25, 0.3) is 11.3 Å². The van der Waals surface area contributed by atoms with Crippen molar-refractivity contribution >= 4 is 5.97 Å². The van der Waals surface area contributed by atoms with Crippen LogP contribution in [-0.2, 0) is 0 Å². The highest BCUT2D eigenvalue weighted by Crippen LogP contribution is 2.34. The molecule has 6 nitrogen and oxygen atoms in total. The van der Waals surface area contributed by atoms with Crippen LogP contribution in [0.5, 0.6) is 11.5 Å². The molecule has 0 unspecified atom stereocenters. The first kappa shape index (κ1) is 13.8. The minimum atomic E-state index is -1.07. The molecule has 0 aliphatic heterocycles. The van der Waals surface area contributed by atoms with Gasteiger partial charge in [0.15, 0.2) is 0 Å². The molecular formula is C14H14N2O4. The molecule has 1 N–H and O–H groups in total. The predicted molar refractivity (Wildman–Crippen MR) is 72.3 cm³/mol. The maximum atomic E-state index is 11.4. The van der Waals surface area contributed by atoms with E-state index in [0.29, 0.717) is 28.5 Å². The quantitative estimate of drug-likeness (QED) is 0.920. The number of rotatable bonds is 4. The van der Waals surface area contributed by atoms with Gasteiger partial charge in [-0.05, 0) is 19.1 Å². The van der Waals surface area contributed by atoms with E-state index in [-0.39, 0.29) is 5.56 Å². The number of benzene rings is 1. The standard InChI is InChI=1S/C14H14N2O4/c1-8-12(14(17)18)13(16-7-15-8)10-5-4-9(19-2)6-11(10)20-3/h4-7H,1-3H3,(H,17,18). The Bertz CT molecular complexity index is 656. The fourth-order valence-corrected chi connectivity index (χ4v) is 1.93. The van der Waals surface area contributed by atoms with Crippen molar-refractivity contribution in [3.63, 3.8) is 0 Å². The molecule has 0 atom stereocenters. The highest BCUT2D eigenvalue weighted by molar-refractivity contribution is 5.96. The number of nitrogens with zero attached hydrogens (tertiary/aromatic N) is 2. The van der Waals surface area contributed by atoms with Crippen molar-refractivity contribution in [1.82, 2.24) is 9.97 Å². The van der Waals surface area contributed by atoms with Gasteiger partial charge in [-0.1, -0.05) is 0 Å². The Morgan fingerprint density at radius 2 is 1.95 bits per heavy atom. The molecule has 0 aliphatic carbocycles. The molecule has 0 radical (unpaired) electrons. The lowest BCUT2D eigenvalue weighted by Crippen LogP contribution is -2.07. The normalized spacial score (nSPS) is 10.2. The first-order valence-electron chi connectivity index (χ1n) is 5.85. The van der Waals surface area contributed by atoms with Crippen LogP contribution in [0, 0.1) is 6.92 Å². The van der Waals surface area contributed by atoms with Gasteiger partial charge in [-0.15, -0.1) is 0 Å². The van der Waals surface area contributed by atoms with Gasteiger partial charge in [0.1, 0.15) is 23.4 Å². The number of hydrogen-bond donors (Lipinski definition) is 1. The molecule has 0 bridgehead atoms. The average molecular weight is 274 g/mol. The van der Waals surface area contributed by atoms with Gasteiger partial charge >= 0.3 is 5.97 Å². The van der Waals surface area contributed by atoms with E-state index in [9.17, 15) is 9.90 Å². The number of carboxylic acids is 1. The lowest BCUT2D eigenvalue weighted by molar-refractivity contribution is 0.0696. The van der Waals surface area contributed by atoms with Gasteiger partial charge in [-0.3, -0.25) is 0 Å². The fourth-order valence-electron chi connectivity index (χ4n) is 1.93. The molecule has 2 aromatic rings. The van der Waals surface area contributed by atoms with E-state index in [0.717, 1.165) is 0 Å². The molecule has 6 heteroatoms. The molecule has 1 aromatic heterocycles. The zero-order valence-electron chi connectivity index (χ0n) is 11.4. The summed E-state index contributed by atoms with van der Waals surface area (Å²) in [6, 6.07) is 5.12. The third-order valence-corrected chi connectivity index (χ3v) is 2.91. The van der Waals surface area contributed by atoms with Gasteiger partial charge in [0.05, 0.1) is 25.6 Å². The first-order chi connectivity index (χ1) is 9.58. The number of carboxylic acid groups (broad SMARTS) is 1. The number of aromatic carboxylic acids is 1. The molecule has 0 amide bonds. The SMILES string of the molecule is COc1ccc(-c2ncnc(C)c2C(=O)O)c(OC)c1. The zero-order chi connectivity index (χ0) is 14.7. The van der Waals surface area contributed by atoms with E-state index in [1.807, 2.05) is 0 Å². The van der Waals surface area contributed by atoms with Crippen molar-refractivity contribution in [2.75, 3.05) is 14.2 Å². The molecule has 1 heterocycles. The van der Waals surface area contributed by atoms with Crippen LogP contribution in [0.15, 0.2) is 24.5 Å². The predicted octanol–water partition coefficient (Wildman–Crippen LogP) is 2.17. The molecule has 2 rings (SSSR count). The van der Waals surface area contributed by atoms with Crippen molar-refractivity contribution in [1.29, 1.82) is 0 Å². The Balaban J connectivity index is 2.68. The maximum absolute atomic E-state index is 11.4. The topological polar surface area (TPSA) is 81.5 Å². The minimum absolute atomic E-state index is 0.0657. The number of hydrogen-bond acceptors (Lipinski definition) is 5. The summed E-state index contributed by atoms with van der Waals surface area (Å²) in [7, 11) is 3.05. The van der Waals surface area contributed by atoms with Crippen molar-refractivity contribution < 1.29 is 19.4 Å². The number of aryl methyl sites for hydroxylation is 1. The lowest BCUT2D eigenvalue weighted by Gasteiger charge is -2.12. The number of ether oxygens (including phenoxy) is 2. The Hall–Kier alpha value is -2.63. The van der Waals surface area contributed by atoms with Gasteiger partial charge < -0.3 is 14.6 Å². The third-order valence-electron chi connectivity index (χ3n) is 2.91. The summed E-state index contributed by atoms with van der Waals surface area (Å²) >= 11 is 0. The maximum Gasteiger partial charge on any atom is 0.339 e. The smallest absolute Gasteiger partial charge is 0.339 e. The van der Waals surface area contributed by atoms with Crippen molar-refractivity contribution in [2.24, 2.45) is 0 Å². The molecule has 20 heavy (non-hydrogen) atoms. The van der Waals surface area contributed by atoms with Crippen LogP contribution in [0.3, 0.4) is 0 Å². The highest BCUT2D eigenvalue weighted by Gasteiger charge is 2.20. The first-order valence-corrected chi connectivity index (χ1v) is 5.85. The van der Waals surface area contributed by atoms with Crippen LogP contribution in [-0.4, -0.2) is 35.3 Å². The van der Waals surface area contributed by atoms with Crippen LogP contribution in [0.1, 0.15) is 16.1 Å². The summed E-state index contributed by atoms with van der Waals surface area (Å²) in [5.41, 5.74) is 1.37. The highest BCUT2D eigenvalue weighted by atomic mass is 16.5. The van der Waals surface area contributed by atoms with E-state index in [2.05, 4.69) is 9.97 Å². The second-order valence-electron chi connectivity index (χ2n) is 4.05. The minimum Gasteiger partial charge on any atom is -0.497 e. The summed E-state index contributed by atoms with van der Waals surface area (Å²) in [5, 5.41) is 9.33. The van der Waals surface area contributed by atoms with Crippen molar-refractivity contribution in [2.45, 2.75) is 6.92 Å². The molecule has 0 aliphatic rings. The average Bonchev–Trinajstić information content (AvgIpc) is 2.45. The monoisotopic (exact) mass is 274 g/mol. The Kier molecular flexibility index (Phi) is 3.84. The van der Waals surface area contributed by atoms with Crippen LogP contribution in [0.2, 0.25) is 0 Å². The van der Waals surface area contributed by atoms with Crippen LogP contribution < -0.4 is 9.47 Å². The Morgan fingerprint density at radius 3 is 2.55 bits per heavy atom. The number of methoxy groups -OCH3 is 2. The molecule has 104 valence electrons. The molecular weight excluding hydrogens is 260 g/mol. The summed E-state index contributed by atoms with van der Waals surface area (Å²) < 4.78 is 10.4. The number of carbonyl (C=O) groups is 1. The Labute approximate surface area is 116 Å². The van der Waals surface area contributed by atoms with Crippen LogP contribution >= 0.6 is 0 Å². The summed E-state index contributed by atoms with van der Waals surface area (Å²) in [5.74, 6) is 0.0363. The second kappa shape index (κ2) is 5.56. The van der Waals surface area contributed by atoms with E-state index in [1.54, 1.807) is 32.2 Å². The molecule has 0 spiro atoms. The molecule has 0 saturated heterocycles. The molecule has 0 fully saturated rings. The summed E-state index contributed by atoms with van der Waals surface area (Å²) in [6.07, 6.45) is 1.33. The van der Waals surface area contributed by atoms with E-state index >= 15 is 0 Å². The van der Waals surface area contributed by atoms with Gasteiger partial charge in [-0.2, -0.15) is 0 Å². The van der Waals surface area contributed by atoms with Gasteiger partial charge in [0.2, 0.25) is 0 Å². The zero-order valence-corrected chi connectivity index (χ0v) is 11.4. The molecule has 1 aromatic carbocycles. The summed E-state index contributed by atoms with van der Waals surface area (Å²) in [4.78, 5) is 19.4. The van der Waals surface area contributed by atoms with Crippen molar-refractivity contribution in [3.05, 3.63) is 35.8 Å². The van der Waals surface area contributed by atoms with E-state index in [1.165, 1.54) is 13.4 Å². The lowest BCUT2D eigenvalue weighted by atomic mass is 10.0. The third kappa shape index (κ3) is 2.40. The number of aromatic nitrogens is 2. The van der Waals surface area contributed by atoms with E-state index < -0.39 is 5.97 Å². The van der Waals surface area contributed by atoms with Gasteiger partial charge in [0.25, 0.3) is 0 Å².